The fourth-order valence-electron chi connectivity index (χ4n) is 2.01. The first-order chi connectivity index (χ1) is 11.6. The van der Waals surface area contributed by atoms with E-state index in [2.05, 4.69) is 21.2 Å². The van der Waals surface area contributed by atoms with Gasteiger partial charge in [-0.1, -0.05) is 15.9 Å². The predicted octanol–water partition coefficient (Wildman–Crippen LogP) is 2.91. The van der Waals surface area contributed by atoms with E-state index in [0.29, 0.717) is 5.75 Å². The van der Waals surface area contributed by atoms with E-state index in [1.165, 1.54) is 14.2 Å². The highest BCUT2D eigenvalue weighted by Gasteiger charge is 2.28. The normalized spacial score (nSPS) is 12.3. The van der Waals surface area contributed by atoms with E-state index < -0.39 is 23.6 Å². The number of benzene rings is 1. The van der Waals surface area contributed by atoms with Gasteiger partial charge in [-0.25, -0.2) is 9.86 Å². The number of methoxy groups -OCH3 is 1. The number of halogens is 1. The first kappa shape index (κ1) is 21.2. The highest BCUT2D eigenvalue weighted by atomic mass is 79.9. The molecule has 1 N–H and O–H groups in total. The first-order valence-electron chi connectivity index (χ1n) is 7.71. The number of amides is 2. The Labute approximate surface area is 156 Å². The summed E-state index contributed by atoms with van der Waals surface area (Å²) in [6.07, 6.45) is -0.432. The molecule has 0 fully saturated rings. The van der Waals surface area contributed by atoms with Crippen LogP contribution in [-0.2, 0) is 20.8 Å². The van der Waals surface area contributed by atoms with Crippen molar-refractivity contribution >= 4 is 27.9 Å². The van der Waals surface area contributed by atoms with E-state index in [-0.39, 0.29) is 6.42 Å². The van der Waals surface area contributed by atoms with Gasteiger partial charge in [0.25, 0.3) is 5.91 Å². The van der Waals surface area contributed by atoms with E-state index in [0.717, 1.165) is 15.1 Å². The number of hydrogen-bond acceptors (Lipinski definition) is 5. The van der Waals surface area contributed by atoms with Crippen LogP contribution in [0.15, 0.2) is 22.7 Å². The lowest BCUT2D eigenvalue weighted by Gasteiger charge is -2.25. The molecule has 1 rings (SSSR count). The molecule has 0 aliphatic heterocycles. The molecule has 0 spiro atoms. The van der Waals surface area contributed by atoms with Crippen molar-refractivity contribution in [3.63, 3.8) is 0 Å². The van der Waals surface area contributed by atoms with Crippen LogP contribution in [0, 0.1) is 0 Å². The van der Waals surface area contributed by atoms with Crippen molar-refractivity contribution in [3.05, 3.63) is 28.2 Å². The zero-order valence-corrected chi connectivity index (χ0v) is 17.0. The summed E-state index contributed by atoms with van der Waals surface area (Å²) < 4.78 is 11.3. The number of nitrogens with zero attached hydrogens (tertiary/aromatic N) is 1. The Balaban J connectivity index is 3.03. The molecule has 0 radical (unpaired) electrons. The molecule has 0 saturated heterocycles. The molecular formula is C17H25BrN2O5. The molecule has 0 aromatic heterocycles. The maximum atomic E-state index is 12.5. The molecule has 1 atom stereocenters. The number of likely N-dealkylation sites (N-methyl/N-ethyl adjacent to an activating group) is 1. The smallest absolute Gasteiger partial charge is 0.408 e. The summed E-state index contributed by atoms with van der Waals surface area (Å²) >= 11 is 3.45. The van der Waals surface area contributed by atoms with Crippen molar-refractivity contribution in [3.8, 4) is 5.75 Å². The average Bonchev–Trinajstić information content (AvgIpc) is 2.52. The van der Waals surface area contributed by atoms with Crippen LogP contribution >= 0.6 is 15.9 Å². The second kappa shape index (κ2) is 9.05. The third kappa shape index (κ3) is 6.91. The van der Waals surface area contributed by atoms with Crippen LogP contribution in [0.4, 0.5) is 4.79 Å². The molecule has 2 amide bonds. The fourth-order valence-corrected chi connectivity index (χ4v) is 2.42. The maximum absolute atomic E-state index is 12.5. The number of rotatable bonds is 6. The number of alkyl carbamates (subject to hydrolysis) is 1. The average molecular weight is 417 g/mol. The largest absolute Gasteiger partial charge is 0.497 e. The summed E-state index contributed by atoms with van der Waals surface area (Å²) in [4.78, 5) is 29.6. The molecular weight excluding hydrogens is 392 g/mol. The maximum Gasteiger partial charge on any atom is 0.408 e. The number of nitrogens with one attached hydrogen (secondary N) is 1. The quantitative estimate of drug-likeness (QED) is 0.721. The van der Waals surface area contributed by atoms with Crippen LogP contribution < -0.4 is 10.1 Å². The fraction of sp³-hybridized carbons (Fsp3) is 0.529. The summed E-state index contributed by atoms with van der Waals surface area (Å²) in [7, 11) is 4.42. The van der Waals surface area contributed by atoms with Gasteiger partial charge in [-0.2, -0.15) is 0 Å². The van der Waals surface area contributed by atoms with E-state index in [1.54, 1.807) is 40.0 Å². The third-order valence-corrected chi connectivity index (χ3v) is 4.02. The topological polar surface area (TPSA) is 77.1 Å². The highest BCUT2D eigenvalue weighted by molar-refractivity contribution is 9.10. The van der Waals surface area contributed by atoms with Crippen molar-refractivity contribution < 1.29 is 23.9 Å². The van der Waals surface area contributed by atoms with E-state index in [9.17, 15) is 9.59 Å². The monoisotopic (exact) mass is 416 g/mol. The molecule has 1 aromatic carbocycles. The van der Waals surface area contributed by atoms with E-state index in [4.69, 9.17) is 14.3 Å². The SMILES string of the molecule is COc1ccc(Br)c(C[C@H](NC(=O)OC(C)(C)C)C(=O)N(C)OC)c1. The third-order valence-electron chi connectivity index (χ3n) is 3.25. The van der Waals surface area contributed by atoms with Gasteiger partial charge in [0, 0.05) is 17.9 Å². The Hall–Kier alpha value is -1.80. The Morgan fingerprint density at radius 1 is 1.28 bits per heavy atom. The standard InChI is InChI=1S/C17H25BrN2O5/c1-17(2,3)25-16(22)19-14(15(21)20(4)24-6)10-11-9-12(23-5)7-8-13(11)18/h7-9,14H,10H2,1-6H3,(H,19,22)/t14-/m0/s1. The van der Waals surface area contributed by atoms with Crippen molar-refractivity contribution in [2.75, 3.05) is 21.3 Å². The van der Waals surface area contributed by atoms with Crippen molar-refractivity contribution in [1.29, 1.82) is 0 Å². The Morgan fingerprint density at radius 3 is 2.44 bits per heavy atom. The van der Waals surface area contributed by atoms with Gasteiger partial charge in [-0.3, -0.25) is 9.63 Å². The lowest BCUT2D eigenvalue weighted by Crippen LogP contribution is -2.49. The first-order valence-corrected chi connectivity index (χ1v) is 8.50. The number of hydroxylamine groups is 2. The molecule has 8 heteroatoms. The van der Waals surface area contributed by atoms with Crippen LogP contribution in [0.2, 0.25) is 0 Å². The van der Waals surface area contributed by atoms with Crippen LogP contribution in [0.3, 0.4) is 0 Å². The van der Waals surface area contributed by atoms with Gasteiger partial charge in [0.1, 0.15) is 17.4 Å². The summed E-state index contributed by atoms with van der Waals surface area (Å²) in [5, 5.41) is 3.67. The van der Waals surface area contributed by atoms with Crippen LogP contribution in [-0.4, -0.2) is 50.0 Å². The number of ether oxygens (including phenoxy) is 2. The summed E-state index contributed by atoms with van der Waals surface area (Å²) in [6.45, 7) is 5.26. The highest BCUT2D eigenvalue weighted by Crippen LogP contribution is 2.24. The zero-order valence-electron chi connectivity index (χ0n) is 15.4. The summed E-state index contributed by atoms with van der Waals surface area (Å²) in [5.41, 5.74) is 0.139. The van der Waals surface area contributed by atoms with Gasteiger partial charge in [-0.15, -0.1) is 0 Å². The van der Waals surface area contributed by atoms with Crippen molar-refractivity contribution in [2.24, 2.45) is 0 Å². The van der Waals surface area contributed by atoms with Gasteiger partial charge in [-0.05, 0) is 44.5 Å². The number of carbonyl (C=O) groups excluding carboxylic acids is 2. The molecule has 0 heterocycles. The zero-order chi connectivity index (χ0) is 19.2. The Kier molecular flexibility index (Phi) is 7.69. The molecule has 0 saturated carbocycles. The lowest BCUT2D eigenvalue weighted by molar-refractivity contribution is -0.171. The summed E-state index contributed by atoms with van der Waals surface area (Å²) in [5.74, 6) is 0.254. The summed E-state index contributed by atoms with van der Waals surface area (Å²) in [6, 6.07) is 4.56. The second-order valence-corrected chi connectivity index (χ2v) is 7.23. The van der Waals surface area contributed by atoms with Gasteiger partial charge in [0.2, 0.25) is 0 Å². The van der Waals surface area contributed by atoms with Gasteiger partial charge in [0.05, 0.1) is 14.2 Å². The predicted molar refractivity (Wildman–Crippen MR) is 97.3 cm³/mol. The van der Waals surface area contributed by atoms with E-state index in [1.807, 2.05) is 6.07 Å². The van der Waals surface area contributed by atoms with Gasteiger partial charge in [0.15, 0.2) is 0 Å². The van der Waals surface area contributed by atoms with Gasteiger partial charge < -0.3 is 14.8 Å². The number of hydrogen-bond donors (Lipinski definition) is 1. The molecule has 140 valence electrons. The molecule has 7 nitrogen and oxygen atoms in total. The minimum atomic E-state index is -0.858. The van der Waals surface area contributed by atoms with Crippen molar-refractivity contribution in [1.82, 2.24) is 10.4 Å². The van der Waals surface area contributed by atoms with Crippen LogP contribution in [0.5, 0.6) is 5.75 Å². The van der Waals surface area contributed by atoms with E-state index >= 15 is 0 Å². The molecule has 1 aromatic rings. The minimum Gasteiger partial charge on any atom is -0.497 e. The molecule has 0 aliphatic rings. The molecule has 0 bridgehead atoms. The molecule has 0 unspecified atom stereocenters. The van der Waals surface area contributed by atoms with Crippen LogP contribution in [0.25, 0.3) is 0 Å². The van der Waals surface area contributed by atoms with Gasteiger partial charge >= 0.3 is 6.09 Å². The lowest BCUT2D eigenvalue weighted by atomic mass is 10.0. The Morgan fingerprint density at radius 2 is 1.92 bits per heavy atom. The van der Waals surface area contributed by atoms with Crippen LogP contribution in [0.1, 0.15) is 26.3 Å². The second-order valence-electron chi connectivity index (χ2n) is 6.38. The minimum absolute atomic E-state index is 0.240. The Bertz CT molecular complexity index is 616. The molecule has 25 heavy (non-hydrogen) atoms. The van der Waals surface area contributed by atoms with Crippen molar-refractivity contribution in [2.45, 2.75) is 38.8 Å². The molecule has 0 aliphatic carbocycles. The number of carbonyl (C=O) groups is 2.